The van der Waals surface area contributed by atoms with Crippen molar-refractivity contribution >= 4 is 11.9 Å². The first kappa shape index (κ1) is 15.9. The third kappa shape index (κ3) is 6.23. The Labute approximate surface area is 102 Å². The Morgan fingerprint density at radius 2 is 1.88 bits per heavy atom. The first-order chi connectivity index (χ1) is 7.71. The highest BCUT2D eigenvalue weighted by molar-refractivity contribution is 5.85. The van der Waals surface area contributed by atoms with E-state index in [4.69, 9.17) is 10.5 Å². The molecule has 0 bridgehead atoms. The van der Waals surface area contributed by atoms with Crippen LogP contribution in [-0.4, -0.2) is 43.3 Å². The Kier molecular flexibility index (Phi) is 6.12. The van der Waals surface area contributed by atoms with E-state index in [1.165, 1.54) is 7.11 Å². The molecule has 0 saturated carbocycles. The Morgan fingerprint density at radius 3 is 2.24 bits per heavy atom. The molecule has 0 aromatic rings. The van der Waals surface area contributed by atoms with Crippen molar-refractivity contribution in [3.63, 3.8) is 0 Å². The van der Waals surface area contributed by atoms with Crippen LogP contribution in [0, 0.1) is 0 Å². The minimum Gasteiger partial charge on any atom is -0.467 e. The average Bonchev–Trinajstić information content (AvgIpc) is 2.21. The molecule has 1 amide bonds. The van der Waals surface area contributed by atoms with E-state index in [-0.39, 0.29) is 6.54 Å². The van der Waals surface area contributed by atoms with E-state index in [9.17, 15) is 9.59 Å². The molecule has 0 aliphatic rings. The highest BCUT2D eigenvalue weighted by atomic mass is 16.5. The number of esters is 1. The summed E-state index contributed by atoms with van der Waals surface area (Å²) in [7, 11) is 1.26. The van der Waals surface area contributed by atoms with Gasteiger partial charge in [0.1, 0.15) is 0 Å². The normalized spacial score (nSPS) is 14.9. The summed E-state index contributed by atoms with van der Waals surface area (Å²) in [5.74, 6) is -0.978. The van der Waals surface area contributed by atoms with Crippen molar-refractivity contribution < 1.29 is 19.1 Å². The van der Waals surface area contributed by atoms with Gasteiger partial charge in [0.05, 0.1) is 25.4 Å². The van der Waals surface area contributed by atoms with E-state index in [1.807, 2.05) is 20.8 Å². The van der Waals surface area contributed by atoms with Crippen LogP contribution >= 0.6 is 0 Å². The molecule has 0 radical (unpaired) electrons. The second-order valence-corrected chi connectivity index (χ2v) is 4.71. The first-order valence-corrected chi connectivity index (χ1v) is 5.46. The van der Waals surface area contributed by atoms with Crippen molar-refractivity contribution in [2.24, 2.45) is 5.73 Å². The molecule has 2 atom stereocenters. The van der Waals surface area contributed by atoms with E-state index in [1.54, 1.807) is 6.92 Å². The maximum atomic E-state index is 11.5. The molecular weight excluding hydrogens is 224 g/mol. The number of hydrogen-bond acceptors (Lipinski definition) is 5. The minimum absolute atomic E-state index is 0.185. The molecule has 6 heteroatoms. The largest absolute Gasteiger partial charge is 0.467 e. The third-order valence-corrected chi connectivity index (χ3v) is 1.97. The van der Waals surface area contributed by atoms with E-state index < -0.39 is 29.6 Å². The topological polar surface area (TPSA) is 90.7 Å². The lowest BCUT2D eigenvalue weighted by molar-refractivity contribution is -0.153. The summed E-state index contributed by atoms with van der Waals surface area (Å²) < 4.78 is 10.2. The monoisotopic (exact) mass is 246 g/mol. The van der Waals surface area contributed by atoms with E-state index in [2.05, 4.69) is 10.1 Å². The summed E-state index contributed by atoms with van der Waals surface area (Å²) in [6.45, 7) is 7.10. The number of hydrogen-bond donors (Lipinski definition) is 2. The SMILES string of the molecule is COC(=O)C(NC(=O)CN)C(C)OC(C)(C)C. The molecule has 0 aromatic carbocycles. The Morgan fingerprint density at radius 1 is 1.35 bits per heavy atom. The third-order valence-electron chi connectivity index (χ3n) is 1.97. The van der Waals surface area contributed by atoms with Gasteiger partial charge < -0.3 is 20.5 Å². The second-order valence-electron chi connectivity index (χ2n) is 4.71. The lowest BCUT2D eigenvalue weighted by atomic mass is 10.1. The van der Waals surface area contributed by atoms with E-state index >= 15 is 0 Å². The van der Waals surface area contributed by atoms with Crippen LogP contribution in [0.15, 0.2) is 0 Å². The highest BCUT2D eigenvalue weighted by Crippen LogP contribution is 2.13. The number of ether oxygens (including phenoxy) is 2. The number of amides is 1. The van der Waals surface area contributed by atoms with Crippen LogP contribution in [0.2, 0.25) is 0 Å². The Hall–Kier alpha value is -1.14. The zero-order valence-electron chi connectivity index (χ0n) is 11.1. The zero-order chi connectivity index (χ0) is 13.6. The quantitative estimate of drug-likeness (QED) is 0.656. The van der Waals surface area contributed by atoms with Crippen molar-refractivity contribution in [2.45, 2.75) is 45.4 Å². The fraction of sp³-hybridized carbons (Fsp3) is 0.818. The molecule has 0 saturated heterocycles. The smallest absolute Gasteiger partial charge is 0.331 e. The van der Waals surface area contributed by atoms with Crippen LogP contribution in [0.4, 0.5) is 0 Å². The van der Waals surface area contributed by atoms with Gasteiger partial charge in [0.2, 0.25) is 5.91 Å². The van der Waals surface area contributed by atoms with Crippen molar-refractivity contribution in [3.8, 4) is 0 Å². The van der Waals surface area contributed by atoms with Crippen LogP contribution in [0.5, 0.6) is 0 Å². The number of carbonyl (C=O) groups is 2. The van der Waals surface area contributed by atoms with Crippen molar-refractivity contribution in [3.05, 3.63) is 0 Å². The molecule has 0 rings (SSSR count). The summed E-state index contributed by atoms with van der Waals surface area (Å²) in [5.41, 5.74) is 4.77. The van der Waals surface area contributed by atoms with Crippen LogP contribution in [0.3, 0.4) is 0 Å². The van der Waals surface area contributed by atoms with Crippen molar-refractivity contribution in [1.82, 2.24) is 5.32 Å². The van der Waals surface area contributed by atoms with Crippen LogP contribution < -0.4 is 11.1 Å². The van der Waals surface area contributed by atoms with Crippen LogP contribution in [0.25, 0.3) is 0 Å². The molecule has 2 unspecified atom stereocenters. The lowest BCUT2D eigenvalue weighted by Gasteiger charge is -2.29. The van der Waals surface area contributed by atoms with Gasteiger partial charge >= 0.3 is 5.97 Å². The predicted octanol–water partition coefficient (Wildman–Crippen LogP) is -0.193. The zero-order valence-corrected chi connectivity index (χ0v) is 11.1. The second kappa shape index (κ2) is 6.56. The van der Waals surface area contributed by atoms with Gasteiger partial charge in [-0.15, -0.1) is 0 Å². The van der Waals surface area contributed by atoms with E-state index in [0.717, 1.165) is 0 Å². The fourth-order valence-corrected chi connectivity index (χ4v) is 1.35. The number of nitrogens with two attached hydrogens (primary N) is 1. The molecule has 0 aromatic heterocycles. The molecular formula is C11H22N2O4. The lowest BCUT2D eigenvalue weighted by Crippen LogP contribution is -2.52. The summed E-state index contributed by atoms with van der Waals surface area (Å²) in [6.07, 6.45) is -0.502. The molecule has 100 valence electrons. The van der Waals surface area contributed by atoms with E-state index in [0.29, 0.717) is 0 Å². The summed E-state index contributed by atoms with van der Waals surface area (Å²) in [4.78, 5) is 22.7. The fourth-order valence-electron chi connectivity index (χ4n) is 1.35. The summed E-state index contributed by atoms with van der Waals surface area (Å²) >= 11 is 0. The average molecular weight is 246 g/mol. The minimum atomic E-state index is -0.852. The van der Waals surface area contributed by atoms with Gasteiger partial charge in [-0.3, -0.25) is 4.79 Å². The number of methoxy groups -OCH3 is 1. The molecule has 6 nitrogen and oxygen atoms in total. The molecule has 0 aliphatic carbocycles. The van der Waals surface area contributed by atoms with Gasteiger partial charge in [0.15, 0.2) is 6.04 Å². The Balaban J connectivity index is 4.68. The number of carbonyl (C=O) groups excluding carboxylic acids is 2. The Bertz CT molecular complexity index is 273. The number of rotatable bonds is 5. The molecule has 0 spiro atoms. The maximum Gasteiger partial charge on any atom is 0.331 e. The summed E-state index contributed by atoms with van der Waals surface area (Å²) in [6, 6.07) is -0.852. The van der Waals surface area contributed by atoms with Crippen LogP contribution in [-0.2, 0) is 19.1 Å². The van der Waals surface area contributed by atoms with Gasteiger partial charge in [0.25, 0.3) is 0 Å². The van der Waals surface area contributed by atoms with Gasteiger partial charge in [-0.1, -0.05) is 0 Å². The maximum absolute atomic E-state index is 11.5. The summed E-state index contributed by atoms with van der Waals surface area (Å²) in [5, 5.41) is 2.48. The molecule has 0 fully saturated rings. The molecule has 3 N–H and O–H groups in total. The van der Waals surface area contributed by atoms with Gasteiger partial charge in [-0.25, -0.2) is 4.79 Å². The van der Waals surface area contributed by atoms with Gasteiger partial charge in [-0.2, -0.15) is 0 Å². The number of nitrogens with one attached hydrogen (secondary N) is 1. The molecule has 0 aliphatic heterocycles. The molecule has 17 heavy (non-hydrogen) atoms. The predicted molar refractivity (Wildman–Crippen MR) is 63.3 cm³/mol. The van der Waals surface area contributed by atoms with Crippen molar-refractivity contribution in [1.29, 1.82) is 0 Å². The highest BCUT2D eigenvalue weighted by Gasteiger charge is 2.30. The standard InChI is InChI=1S/C11H22N2O4/c1-7(17-11(2,3)4)9(10(15)16-5)13-8(14)6-12/h7,9H,6,12H2,1-5H3,(H,13,14). The molecule has 0 heterocycles. The first-order valence-electron chi connectivity index (χ1n) is 5.46. The van der Waals surface area contributed by atoms with Gasteiger partial charge in [0, 0.05) is 0 Å². The van der Waals surface area contributed by atoms with Gasteiger partial charge in [-0.05, 0) is 27.7 Å². The van der Waals surface area contributed by atoms with Crippen LogP contribution in [0.1, 0.15) is 27.7 Å². The van der Waals surface area contributed by atoms with Crippen molar-refractivity contribution in [2.75, 3.05) is 13.7 Å².